The number of allylic oxidation sites excluding steroid dienone is 4. The quantitative estimate of drug-likeness (QED) is 0.142. The third-order valence-corrected chi connectivity index (χ3v) is 6.01. The van der Waals surface area contributed by atoms with Crippen LogP contribution in [0.4, 0.5) is 26.3 Å². The summed E-state index contributed by atoms with van der Waals surface area (Å²) < 4.78 is 77.9. The average Bonchev–Trinajstić information content (AvgIpc) is 2.91. The minimum Gasteiger partial charge on any atom is -0.508 e. The Bertz CT molecular complexity index is 1410. The normalized spacial score (nSPS) is 13.2. The minimum absolute atomic E-state index is 0.0290. The molecule has 0 spiro atoms. The van der Waals surface area contributed by atoms with Gasteiger partial charge in [-0.2, -0.15) is 26.3 Å². The third-order valence-electron chi connectivity index (χ3n) is 6.01. The highest BCUT2D eigenvalue weighted by Crippen LogP contribution is 2.34. The zero-order valence-electron chi connectivity index (χ0n) is 20.7. The van der Waals surface area contributed by atoms with Crippen molar-refractivity contribution in [1.82, 2.24) is 0 Å². The van der Waals surface area contributed by atoms with Crippen LogP contribution in [0, 0.1) is 0 Å². The molecule has 0 atom stereocenters. The van der Waals surface area contributed by atoms with Crippen LogP contribution >= 0.6 is 0 Å². The molecule has 4 rings (SSSR count). The van der Waals surface area contributed by atoms with Crippen LogP contribution in [0.25, 0.3) is 23.3 Å². The summed E-state index contributed by atoms with van der Waals surface area (Å²) in [6, 6.07) is 21.9. The van der Waals surface area contributed by atoms with Crippen molar-refractivity contribution in [3.8, 4) is 11.5 Å². The van der Waals surface area contributed by atoms with E-state index in [0.717, 1.165) is 24.3 Å². The van der Waals surface area contributed by atoms with Crippen molar-refractivity contribution in [3.05, 3.63) is 143 Å². The Kier molecular flexibility index (Phi) is 8.18. The number of hydrogen-bond donors (Lipinski definition) is 2. The van der Waals surface area contributed by atoms with E-state index in [4.69, 9.17) is 0 Å². The third kappa shape index (κ3) is 7.22. The Morgan fingerprint density at radius 1 is 0.450 bits per heavy atom. The molecule has 0 aliphatic carbocycles. The molecule has 0 amide bonds. The van der Waals surface area contributed by atoms with Gasteiger partial charge in [0.15, 0.2) is 0 Å². The standard InChI is InChI=1S/C32H22F6O2/c33-31(34,35)25-11-1-21(2-12-25)5-19-29(23-7-15-27(39)16-8-23)30(24-9-17-28(40)18-10-24)20-6-22-3-13-26(14-4-22)32(36,37)38/h1-20,39-40H/b19-5+,20-6+,30-29+. The minimum atomic E-state index is -4.46. The molecule has 2 nitrogen and oxygen atoms in total. The van der Waals surface area contributed by atoms with Gasteiger partial charge in [0.2, 0.25) is 0 Å². The Balaban J connectivity index is 1.84. The van der Waals surface area contributed by atoms with E-state index in [2.05, 4.69) is 0 Å². The second kappa shape index (κ2) is 11.6. The van der Waals surface area contributed by atoms with Gasteiger partial charge in [-0.1, -0.05) is 72.8 Å². The van der Waals surface area contributed by atoms with Crippen LogP contribution in [0.15, 0.2) is 109 Å². The van der Waals surface area contributed by atoms with Crippen LogP contribution in [0.1, 0.15) is 33.4 Å². The fourth-order valence-electron chi connectivity index (χ4n) is 3.89. The molecule has 0 heterocycles. The molecule has 40 heavy (non-hydrogen) atoms. The number of benzene rings is 4. The number of halogens is 6. The van der Waals surface area contributed by atoms with Crippen molar-refractivity contribution in [2.45, 2.75) is 12.4 Å². The molecule has 0 fully saturated rings. The van der Waals surface area contributed by atoms with E-state index in [9.17, 15) is 36.6 Å². The highest BCUT2D eigenvalue weighted by atomic mass is 19.4. The first-order valence-electron chi connectivity index (χ1n) is 11.9. The summed E-state index contributed by atoms with van der Waals surface area (Å²) in [6.45, 7) is 0. The van der Waals surface area contributed by atoms with Crippen molar-refractivity contribution >= 4 is 23.3 Å². The number of phenolic OH excluding ortho intramolecular Hbond substituents is 2. The highest BCUT2D eigenvalue weighted by Gasteiger charge is 2.30. The van der Waals surface area contributed by atoms with Gasteiger partial charge in [-0.3, -0.25) is 0 Å². The second-order valence-corrected chi connectivity index (χ2v) is 8.83. The summed E-state index contributed by atoms with van der Waals surface area (Å²) in [4.78, 5) is 0. The lowest BCUT2D eigenvalue weighted by atomic mass is 9.92. The van der Waals surface area contributed by atoms with E-state index in [0.29, 0.717) is 33.4 Å². The van der Waals surface area contributed by atoms with Crippen LogP contribution in [0.5, 0.6) is 11.5 Å². The van der Waals surface area contributed by atoms with Gasteiger partial charge < -0.3 is 10.2 Å². The fraction of sp³-hybridized carbons (Fsp3) is 0.0625. The molecular formula is C32H22F6O2. The Morgan fingerprint density at radius 3 is 1.02 bits per heavy atom. The molecular weight excluding hydrogens is 530 g/mol. The lowest BCUT2D eigenvalue weighted by Crippen LogP contribution is -2.04. The number of alkyl halides is 6. The second-order valence-electron chi connectivity index (χ2n) is 8.83. The van der Waals surface area contributed by atoms with Gasteiger partial charge >= 0.3 is 12.4 Å². The molecule has 0 radical (unpaired) electrons. The van der Waals surface area contributed by atoms with Gasteiger partial charge in [-0.25, -0.2) is 0 Å². The largest absolute Gasteiger partial charge is 0.508 e. The predicted octanol–water partition coefficient (Wildman–Crippen LogP) is 9.47. The SMILES string of the molecule is Oc1ccc(C(/C=C/c2ccc(C(F)(F)F)cc2)=C(\C=C\c2ccc(C(F)(F)F)cc2)c2ccc(O)cc2)cc1. The molecule has 8 heteroatoms. The fourth-order valence-corrected chi connectivity index (χ4v) is 3.89. The summed E-state index contributed by atoms with van der Waals surface area (Å²) in [5.41, 5.74) is 1.97. The van der Waals surface area contributed by atoms with Gasteiger partial charge in [0.05, 0.1) is 11.1 Å². The predicted molar refractivity (Wildman–Crippen MR) is 144 cm³/mol. The van der Waals surface area contributed by atoms with E-state index < -0.39 is 23.5 Å². The number of phenols is 2. The Hall–Kier alpha value is -4.72. The Morgan fingerprint density at radius 2 is 0.750 bits per heavy atom. The van der Waals surface area contributed by atoms with Gasteiger partial charge in [-0.15, -0.1) is 0 Å². The lowest BCUT2D eigenvalue weighted by Gasteiger charge is -2.12. The molecule has 0 bridgehead atoms. The monoisotopic (exact) mass is 552 g/mol. The molecule has 0 unspecified atom stereocenters. The maximum atomic E-state index is 13.0. The van der Waals surface area contributed by atoms with Crippen LogP contribution in [0.2, 0.25) is 0 Å². The van der Waals surface area contributed by atoms with Gasteiger partial charge in [0.1, 0.15) is 11.5 Å². The smallest absolute Gasteiger partial charge is 0.416 e. The van der Waals surface area contributed by atoms with Crippen molar-refractivity contribution in [2.75, 3.05) is 0 Å². The first kappa shape index (κ1) is 28.3. The molecule has 4 aromatic carbocycles. The summed E-state index contributed by atoms with van der Waals surface area (Å²) >= 11 is 0. The molecule has 0 aliphatic heterocycles. The molecule has 0 aromatic heterocycles. The van der Waals surface area contributed by atoms with Crippen molar-refractivity contribution < 1.29 is 36.6 Å². The van der Waals surface area contributed by atoms with Crippen LogP contribution in [0.3, 0.4) is 0 Å². The average molecular weight is 553 g/mol. The molecule has 2 N–H and O–H groups in total. The number of rotatable bonds is 6. The molecule has 0 aliphatic rings. The van der Waals surface area contributed by atoms with E-state index in [-0.39, 0.29) is 11.5 Å². The zero-order valence-corrected chi connectivity index (χ0v) is 20.7. The Labute approximate surface area is 226 Å². The summed E-state index contributed by atoms with van der Waals surface area (Å²) in [5, 5.41) is 19.6. The topological polar surface area (TPSA) is 40.5 Å². The van der Waals surface area contributed by atoms with Crippen LogP contribution < -0.4 is 0 Å². The maximum absolute atomic E-state index is 13.0. The number of hydrogen-bond acceptors (Lipinski definition) is 2. The van der Waals surface area contributed by atoms with Crippen molar-refractivity contribution in [1.29, 1.82) is 0 Å². The number of aromatic hydroxyl groups is 2. The van der Waals surface area contributed by atoms with Gasteiger partial charge in [0, 0.05) is 0 Å². The zero-order chi connectivity index (χ0) is 28.9. The summed E-state index contributed by atoms with van der Waals surface area (Å²) in [5.74, 6) is 0.0580. The molecule has 0 saturated carbocycles. The van der Waals surface area contributed by atoms with Crippen molar-refractivity contribution in [3.63, 3.8) is 0 Å². The van der Waals surface area contributed by atoms with Gasteiger partial charge in [-0.05, 0) is 81.9 Å². The van der Waals surface area contributed by atoms with Crippen LogP contribution in [-0.4, -0.2) is 10.2 Å². The highest BCUT2D eigenvalue weighted by molar-refractivity contribution is 6.02. The molecule has 204 valence electrons. The van der Waals surface area contributed by atoms with Crippen LogP contribution in [-0.2, 0) is 12.4 Å². The molecule has 0 saturated heterocycles. The molecule has 4 aromatic rings. The first-order chi connectivity index (χ1) is 18.9. The van der Waals surface area contributed by atoms with E-state index in [1.807, 2.05) is 0 Å². The van der Waals surface area contributed by atoms with E-state index in [1.54, 1.807) is 48.6 Å². The summed E-state index contributed by atoms with van der Waals surface area (Å²) in [6.07, 6.45) is -2.26. The van der Waals surface area contributed by atoms with Gasteiger partial charge in [0.25, 0.3) is 0 Å². The summed E-state index contributed by atoms with van der Waals surface area (Å²) in [7, 11) is 0. The van der Waals surface area contributed by atoms with E-state index >= 15 is 0 Å². The van der Waals surface area contributed by atoms with Crippen molar-refractivity contribution in [2.24, 2.45) is 0 Å². The maximum Gasteiger partial charge on any atom is 0.416 e. The first-order valence-corrected chi connectivity index (χ1v) is 11.9. The lowest BCUT2D eigenvalue weighted by molar-refractivity contribution is -0.138. The van der Waals surface area contributed by atoms with E-state index in [1.165, 1.54) is 48.5 Å².